The quantitative estimate of drug-likeness (QED) is 0.894. The minimum Gasteiger partial charge on any atom is -0.478 e. The first-order valence-corrected chi connectivity index (χ1v) is 9.08. The van der Waals surface area contributed by atoms with Crippen LogP contribution >= 0.6 is 11.3 Å². The molecular weight excluding hydrogens is 298 g/mol. The molecule has 0 aromatic carbocycles. The molecule has 1 saturated heterocycles. The summed E-state index contributed by atoms with van der Waals surface area (Å²) in [5.74, 6) is 0.287. The van der Waals surface area contributed by atoms with Crippen LogP contribution in [0, 0.1) is 12.8 Å². The molecule has 0 bridgehead atoms. The molecule has 3 rings (SSSR count). The van der Waals surface area contributed by atoms with Crippen molar-refractivity contribution in [3.8, 4) is 0 Å². The third-order valence-electron chi connectivity index (χ3n) is 5.58. The molecule has 1 aromatic rings. The van der Waals surface area contributed by atoms with E-state index in [9.17, 15) is 15.0 Å². The molecule has 0 radical (unpaired) electrons. The molecule has 2 heterocycles. The van der Waals surface area contributed by atoms with Gasteiger partial charge in [-0.3, -0.25) is 4.90 Å². The molecular formula is C17H25NO3S. The Morgan fingerprint density at radius 1 is 1.32 bits per heavy atom. The Morgan fingerprint density at radius 2 is 1.95 bits per heavy atom. The lowest BCUT2D eigenvalue weighted by atomic mass is 9.77. The Kier molecular flexibility index (Phi) is 4.57. The molecule has 1 atom stereocenters. The van der Waals surface area contributed by atoms with Crippen molar-refractivity contribution in [1.29, 1.82) is 0 Å². The molecule has 1 saturated carbocycles. The van der Waals surface area contributed by atoms with Gasteiger partial charge in [0.15, 0.2) is 0 Å². The molecule has 0 amide bonds. The van der Waals surface area contributed by atoms with Crippen molar-refractivity contribution in [3.05, 3.63) is 21.4 Å². The zero-order valence-electron chi connectivity index (χ0n) is 13.3. The number of hydrogen-bond acceptors (Lipinski definition) is 4. The monoisotopic (exact) mass is 323 g/mol. The highest BCUT2D eigenvalue weighted by atomic mass is 32.1. The van der Waals surface area contributed by atoms with Crippen molar-refractivity contribution in [2.24, 2.45) is 5.92 Å². The Morgan fingerprint density at radius 3 is 2.45 bits per heavy atom. The van der Waals surface area contributed by atoms with Gasteiger partial charge in [0.25, 0.3) is 0 Å². The smallest absolute Gasteiger partial charge is 0.336 e. The largest absolute Gasteiger partial charge is 0.478 e. The molecule has 2 N–H and O–H groups in total. The van der Waals surface area contributed by atoms with Gasteiger partial charge in [-0.1, -0.05) is 6.92 Å². The highest BCUT2D eigenvalue weighted by Gasteiger charge is 2.35. The predicted molar refractivity (Wildman–Crippen MR) is 87.8 cm³/mol. The van der Waals surface area contributed by atoms with Crippen LogP contribution in [0.4, 0.5) is 0 Å². The second-order valence-corrected chi connectivity index (χ2v) is 7.82. The number of rotatable bonds is 4. The van der Waals surface area contributed by atoms with E-state index in [0.29, 0.717) is 23.4 Å². The second kappa shape index (κ2) is 6.30. The molecule has 2 aliphatic rings. The normalized spacial score (nSPS) is 28.3. The van der Waals surface area contributed by atoms with E-state index in [2.05, 4.69) is 11.8 Å². The maximum atomic E-state index is 11.2. The average molecular weight is 323 g/mol. The van der Waals surface area contributed by atoms with Gasteiger partial charge in [0.05, 0.1) is 11.7 Å². The number of β-amino-alcohol motifs (C(OH)–C–C–N with tert-alkyl or cyclic N) is 1. The second-order valence-electron chi connectivity index (χ2n) is 6.91. The molecule has 2 fully saturated rings. The van der Waals surface area contributed by atoms with Gasteiger partial charge in [-0.2, -0.15) is 0 Å². The topological polar surface area (TPSA) is 60.8 Å². The molecule has 0 unspecified atom stereocenters. The predicted octanol–water partition coefficient (Wildman–Crippen LogP) is 3.09. The zero-order chi connectivity index (χ0) is 15.9. The number of aliphatic hydroxyl groups is 1. The molecule has 0 spiro atoms. The first-order valence-electron chi connectivity index (χ1n) is 8.20. The van der Waals surface area contributed by atoms with Crippen molar-refractivity contribution in [2.45, 2.75) is 57.6 Å². The van der Waals surface area contributed by atoms with Crippen LogP contribution in [0.15, 0.2) is 5.38 Å². The first-order chi connectivity index (χ1) is 10.5. The molecule has 22 heavy (non-hydrogen) atoms. The van der Waals surface area contributed by atoms with E-state index in [-0.39, 0.29) is 6.10 Å². The van der Waals surface area contributed by atoms with Gasteiger partial charge in [0.1, 0.15) is 0 Å². The summed E-state index contributed by atoms with van der Waals surface area (Å²) in [6.07, 6.45) is 4.71. The summed E-state index contributed by atoms with van der Waals surface area (Å²) in [7, 11) is 0. The Hall–Kier alpha value is -0.910. The van der Waals surface area contributed by atoms with Gasteiger partial charge in [-0.15, -0.1) is 11.3 Å². The summed E-state index contributed by atoms with van der Waals surface area (Å²) in [4.78, 5) is 14.9. The maximum absolute atomic E-state index is 11.2. The van der Waals surface area contributed by atoms with Crippen molar-refractivity contribution < 1.29 is 15.0 Å². The van der Waals surface area contributed by atoms with Crippen molar-refractivity contribution >= 4 is 17.3 Å². The fourth-order valence-electron chi connectivity index (χ4n) is 4.06. The summed E-state index contributed by atoms with van der Waals surface area (Å²) < 4.78 is 0. The van der Waals surface area contributed by atoms with Gasteiger partial charge >= 0.3 is 5.97 Å². The third kappa shape index (κ3) is 2.94. The van der Waals surface area contributed by atoms with Crippen LogP contribution in [0.1, 0.15) is 59.3 Å². The van der Waals surface area contributed by atoms with Gasteiger partial charge in [-0.05, 0) is 50.0 Å². The van der Waals surface area contributed by atoms with Crippen LogP contribution in [0.2, 0.25) is 0 Å². The summed E-state index contributed by atoms with van der Waals surface area (Å²) in [5, 5.41) is 20.4. The van der Waals surface area contributed by atoms with Crippen LogP contribution in [0.3, 0.4) is 0 Å². The number of hydrogen-bond donors (Lipinski definition) is 2. The van der Waals surface area contributed by atoms with Crippen LogP contribution in [0.25, 0.3) is 0 Å². The number of thiophene rings is 1. The lowest BCUT2D eigenvalue weighted by Crippen LogP contribution is -2.56. The minimum absolute atomic E-state index is 0.111. The zero-order valence-corrected chi connectivity index (χ0v) is 14.1. The summed E-state index contributed by atoms with van der Waals surface area (Å²) in [5.41, 5.74) is 1.42. The number of aromatic carboxylic acids is 1. The van der Waals surface area contributed by atoms with E-state index in [1.807, 2.05) is 6.92 Å². The highest BCUT2D eigenvalue weighted by molar-refractivity contribution is 7.10. The van der Waals surface area contributed by atoms with Crippen molar-refractivity contribution in [2.75, 3.05) is 13.1 Å². The molecule has 1 aliphatic heterocycles. The van der Waals surface area contributed by atoms with E-state index in [4.69, 9.17) is 0 Å². The minimum atomic E-state index is -0.813. The van der Waals surface area contributed by atoms with E-state index in [1.54, 1.807) is 16.7 Å². The average Bonchev–Trinajstić information content (AvgIpc) is 2.85. The van der Waals surface area contributed by atoms with Gasteiger partial charge in [-0.25, -0.2) is 4.79 Å². The van der Waals surface area contributed by atoms with Gasteiger partial charge < -0.3 is 10.2 Å². The number of likely N-dealkylation sites (tertiary alicyclic amines) is 1. The standard InChI is InChI=1S/C17H25NO3S/c1-10(16-11(2)15(9-22-16)17(20)21)12-3-5-13(6-4-12)18-7-14(19)8-18/h9-10,12-14,19H,3-8H2,1-2H3,(H,20,21)/t10-,12?,13?/m1/s1. The van der Waals surface area contributed by atoms with Crippen molar-refractivity contribution in [1.82, 2.24) is 4.90 Å². The highest BCUT2D eigenvalue weighted by Crippen LogP contribution is 2.41. The van der Waals surface area contributed by atoms with E-state index in [0.717, 1.165) is 18.7 Å². The van der Waals surface area contributed by atoms with Crippen LogP contribution in [0.5, 0.6) is 0 Å². The van der Waals surface area contributed by atoms with E-state index >= 15 is 0 Å². The molecule has 5 heteroatoms. The molecule has 4 nitrogen and oxygen atoms in total. The summed E-state index contributed by atoms with van der Waals surface area (Å²) in [6.45, 7) is 5.88. The SMILES string of the molecule is Cc1c(C(=O)O)csc1[C@H](C)C1CCC(N2CC(O)C2)CC1. The van der Waals surface area contributed by atoms with E-state index < -0.39 is 5.97 Å². The summed E-state index contributed by atoms with van der Waals surface area (Å²) >= 11 is 1.61. The number of carboxylic acids is 1. The Balaban J connectivity index is 1.60. The fraction of sp³-hybridized carbons (Fsp3) is 0.706. The summed E-state index contributed by atoms with van der Waals surface area (Å²) in [6, 6.07) is 0.644. The van der Waals surface area contributed by atoms with Gasteiger partial charge in [0.2, 0.25) is 0 Å². The number of nitrogens with zero attached hydrogens (tertiary/aromatic N) is 1. The number of carbonyl (C=O) groups is 1. The number of carboxylic acid groups (broad SMARTS) is 1. The van der Waals surface area contributed by atoms with Crippen LogP contribution in [-0.2, 0) is 0 Å². The lowest BCUT2D eigenvalue weighted by molar-refractivity contribution is -0.0372. The van der Waals surface area contributed by atoms with E-state index in [1.165, 1.54) is 30.6 Å². The molecule has 1 aliphatic carbocycles. The first kappa shape index (κ1) is 16.0. The molecule has 122 valence electrons. The molecule has 1 aromatic heterocycles. The van der Waals surface area contributed by atoms with Crippen LogP contribution in [-0.4, -0.2) is 46.3 Å². The lowest BCUT2D eigenvalue weighted by Gasteiger charge is -2.45. The third-order valence-corrected chi connectivity index (χ3v) is 6.86. The van der Waals surface area contributed by atoms with Gasteiger partial charge in [0, 0.05) is 29.4 Å². The maximum Gasteiger partial charge on any atom is 0.336 e. The van der Waals surface area contributed by atoms with Crippen molar-refractivity contribution in [3.63, 3.8) is 0 Å². The Labute approximate surface area is 135 Å². The Bertz CT molecular complexity index is 542. The fourth-order valence-corrected chi connectivity index (χ4v) is 5.27. The number of aliphatic hydroxyl groups excluding tert-OH is 1. The van der Waals surface area contributed by atoms with Crippen LogP contribution < -0.4 is 0 Å².